The van der Waals surface area contributed by atoms with Crippen LogP contribution in [-0.4, -0.2) is 49.8 Å². The topological polar surface area (TPSA) is 50.8 Å². The molecular weight excluding hydrogens is 292 g/mol. The summed E-state index contributed by atoms with van der Waals surface area (Å²) >= 11 is 0. The molecule has 126 valence electrons. The van der Waals surface area contributed by atoms with Crippen molar-refractivity contribution in [2.75, 3.05) is 33.4 Å². The van der Waals surface area contributed by atoms with Crippen molar-refractivity contribution < 1.29 is 14.3 Å². The van der Waals surface area contributed by atoms with E-state index in [2.05, 4.69) is 12.2 Å². The number of morpholine rings is 1. The first-order valence-electron chi connectivity index (χ1n) is 8.36. The molecule has 2 unspecified atom stereocenters. The van der Waals surface area contributed by atoms with Crippen LogP contribution < -0.4 is 10.1 Å². The molecule has 2 atom stereocenters. The molecule has 0 bridgehead atoms. The van der Waals surface area contributed by atoms with Crippen molar-refractivity contribution in [3.63, 3.8) is 0 Å². The maximum absolute atomic E-state index is 12.3. The largest absolute Gasteiger partial charge is 0.497 e. The molecule has 1 amide bonds. The van der Waals surface area contributed by atoms with Crippen LogP contribution in [0.1, 0.15) is 25.3 Å². The summed E-state index contributed by atoms with van der Waals surface area (Å²) in [4.78, 5) is 14.2. The molecule has 2 heterocycles. The molecule has 0 aromatic heterocycles. The van der Waals surface area contributed by atoms with Gasteiger partial charge in [0.1, 0.15) is 12.4 Å². The zero-order valence-corrected chi connectivity index (χ0v) is 14.0. The first kappa shape index (κ1) is 16.3. The van der Waals surface area contributed by atoms with E-state index < -0.39 is 0 Å². The Labute approximate surface area is 137 Å². The van der Waals surface area contributed by atoms with Crippen LogP contribution in [0.5, 0.6) is 5.75 Å². The summed E-state index contributed by atoms with van der Waals surface area (Å²) in [5, 5.41) is 3.45. The fraction of sp³-hybridized carbons (Fsp3) is 0.611. The van der Waals surface area contributed by atoms with Crippen molar-refractivity contribution in [3.8, 4) is 5.75 Å². The standard InChI is InChI=1S/C18H26N2O3/c1-18(15-6-4-8-19-10-15)13-20(17(21)12-23-18)11-14-5-3-7-16(9-14)22-2/h3,5,7,9,15,19H,4,6,8,10-13H2,1-2H3. The minimum absolute atomic E-state index is 0.0639. The van der Waals surface area contributed by atoms with Gasteiger partial charge in [0.15, 0.2) is 0 Å². The lowest BCUT2D eigenvalue weighted by atomic mass is 9.82. The molecular formula is C18H26N2O3. The highest BCUT2D eigenvalue weighted by Crippen LogP contribution is 2.32. The average molecular weight is 318 g/mol. The summed E-state index contributed by atoms with van der Waals surface area (Å²) in [6, 6.07) is 7.90. The van der Waals surface area contributed by atoms with Crippen LogP contribution in [0.3, 0.4) is 0 Å². The monoisotopic (exact) mass is 318 g/mol. The quantitative estimate of drug-likeness (QED) is 0.920. The Balaban J connectivity index is 1.71. The minimum atomic E-state index is -0.264. The van der Waals surface area contributed by atoms with E-state index in [1.807, 2.05) is 29.2 Å². The van der Waals surface area contributed by atoms with Crippen LogP contribution in [0.25, 0.3) is 0 Å². The first-order valence-corrected chi connectivity index (χ1v) is 8.36. The molecule has 2 aliphatic rings. The zero-order valence-electron chi connectivity index (χ0n) is 14.0. The molecule has 0 spiro atoms. The third-order valence-corrected chi connectivity index (χ3v) is 5.05. The molecule has 1 aromatic carbocycles. The van der Waals surface area contributed by atoms with Crippen LogP contribution in [-0.2, 0) is 16.1 Å². The van der Waals surface area contributed by atoms with Gasteiger partial charge in [0, 0.05) is 19.0 Å². The second-order valence-electron chi connectivity index (χ2n) is 6.75. The van der Waals surface area contributed by atoms with Gasteiger partial charge in [-0.2, -0.15) is 0 Å². The Bertz CT molecular complexity index is 557. The number of amides is 1. The number of hydrogen-bond donors (Lipinski definition) is 1. The lowest BCUT2D eigenvalue weighted by Gasteiger charge is -2.46. The predicted molar refractivity (Wildman–Crippen MR) is 88.4 cm³/mol. The number of nitrogens with zero attached hydrogens (tertiary/aromatic N) is 1. The van der Waals surface area contributed by atoms with E-state index in [0.717, 1.165) is 30.8 Å². The molecule has 5 nitrogen and oxygen atoms in total. The molecule has 0 radical (unpaired) electrons. The van der Waals surface area contributed by atoms with Crippen molar-refractivity contribution >= 4 is 5.91 Å². The van der Waals surface area contributed by atoms with Gasteiger partial charge in [0.2, 0.25) is 5.91 Å². The van der Waals surface area contributed by atoms with Gasteiger partial charge in [-0.1, -0.05) is 12.1 Å². The van der Waals surface area contributed by atoms with Gasteiger partial charge in [0.05, 0.1) is 19.3 Å². The van der Waals surface area contributed by atoms with Crippen LogP contribution in [0.4, 0.5) is 0 Å². The number of hydrogen-bond acceptors (Lipinski definition) is 4. The van der Waals surface area contributed by atoms with E-state index in [4.69, 9.17) is 9.47 Å². The van der Waals surface area contributed by atoms with Crippen LogP contribution in [0.15, 0.2) is 24.3 Å². The van der Waals surface area contributed by atoms with Gasteiger partial charge in [-0.3, -0.25) is 4.79 Å². The maximum Gasteiger partial charge on any atom is 0.248 e. The lowest BCUT2D eigenvalue weighted by Crippen LogP contribution is -2.58. The Morgan fingerprint density at radius 1 is 1.48 bits per heavy atom. The van der Waals surface area contributed by atoms with Crippen molar-refractivity contribution in [1.29, 1.82) is 0 Å². The summed E-state index contributed by atoms with van der Waals surface area (Å²) < 4.78 is 11.2. The first-order chi connectivity index (χ1) is 11.1. The van der Waals surface area contributed by atoms with E-state index in [1.165, 1.54) is 6.42 Å². The van der Waals surface area contributed by atoms with Gasteiger partial charge in [0.25, 0.3) is 0 Å². The van der Waals surface area contributed by atoms with Crippen molar-refractivity contribution in [2.24, 2.45) is 5.92 Å². The van der Waals surface area contributed by atoms with Crippen molar-refractivity contribution in [1.82, 2.24) is 10.2 Å². The molecule has 2 saturated heterocycles. The van der Waals surface area contributed by atoms with Crippen molar-refractivity contribution in [2.45, 2.75) is 31.9 Å². The summed E-state index contributed by atoms with van der Waals surface area (Å²) in [5.74, 6) is 1.34. The fourth-order valence-corrected chi connectivity index (χ4v) is 3.59. The number of carbonyl (C=O) groups excluding carboxylic acids is 1. The summed E-state index contributed by atoms with van der Waals surface area (Å²) in [6.45, 7) is 5.63. The van der Waals surface area contributed by atoms with Crippen LogP contribution in [0.2, 0.25) is 0 Å². The molecule has 0 saturated carbocycles. The van der Waals surface area contributed by atoms with Gasteiger partial charge >= 0.3 is 0 Å². The SMILES string of the molecule is COc1cccc(CN2CC(C)(C3CCCNC3)OCC2=O)c1. The summed E-state index contributed by atoms with van der Waals surface area (Å²) in [5.41, 5.74) is 0.823. The van der Waals surface area contributed by atoms with E-state index in [-0.39, 0.29) is 18.1 Å². The molecule has 3 rings (SSSR count). The minimum Gasteiger partial charge on any atom is -0.497 e. The number of benzene rings is 1. The van der Waals surface area contributed by atoms with E-state index in [0.29, 0.717) is 19.0 Å². The van der Waals surface area contributed by atoms with E-state index in [9.17, 15) is 4.79 Å². The van der Waals surface area contributed by atoms with Crippen molar-refractivity contribution in [3.05, 3.63) is 29.8 Å². The Kier molecular flexibility index (Phi) is 4.87. The fourth-order valence-electron chi connectivity index (χ4n) is 3.59. The Morgan fingerprint density at radius 3 is 3.09 bits per heavy atom. The highest BCUT2D eigenvalue weighted by atomic mass is 16.5. The van der Waals surface area contributed by atoms with Gasteiger partial charge in [-0.05, 0) is 44.0 Å². The highest BCUT2D eigenvalue weighted by Gasteiger charge is 2.42. The molecule has 2 fully saturated rings. The number of piperidine rings is 1. The van der Waals surface area contributed by atoms with Gasteiger partial charge in [-0.25, -0.2) is 0 Å². The molecule has 0 aliphatic carbocycles. The number of rotatable bonds is 4. The third kappa shape index (κ3) is 3.67. The zero-order chi connectivity index (χ0) is 16.3. The predicted octanol–water partition coefficient (Wildman–Crippen LogP) is 1.81. The average Bonchev–Trinajstić information content (AvgIpc) is 2.59. The maximum atomic E-state index is 12.3. The number of carbonyl (C=O) groups is 1. The molecule has 1 aromatic rings. The number of methoxy groups -OCH3 is 1. The summed E-state index contributed by atoms with van der Waals surface area (Å²) in [6.07, 6.45) is 2.33. The molecule has 23 heavy (non-hydrogen) atoms. The second-order valence-corrected chi connectivity index (χ2v) is 6.75. The summed E-state index contributed by atoms with van der Waals surface area (Å²) in [7, 11) is 1.66. The smallest absolute Gasteiger partial charge is 0.248 e. The second kappa shape index (κ2) is 6.89. The highest BCUT2D eigenvalue weighted by molar-refractivity contribution is 5.78. The van der Waals surface area contributed by atoms with E-state index in [1.54, 1.807) is 7.11 Å². The lowest BCUT2D eigenvalue weighted by molar-refractivity contribution is -0.172. The Morgan fingerprint density at radius 2 is 2.35 bits per heavy atom. The molecule has 5 heteroatoms. The van der Waals surface area contributed by atoms with Crippen LogP contribution >= 0.6 is 0 Å². The molecule has 1 N–H and O–H groups in total. The van der Waals surface area contributed by atoms with E-state index >= 15 is 0 Å². The Hall–Kier alpha value is -1.59. The number of ether oxygens (including phenoxy) is 2. The van der Waals surface area contributed by atoms with Gasteiger partial charge in [-0.15, -0.1) is 0 Å². The van der Waals surface area contributed by atoms with Crippen LogP contribution in [0, 0.1) is 5.92 Å². The number of nitrogens with one attached hydrogen (secondary N) is 1. The van der Waals surface area contributed by atoms with Gasteiger partial charge < -0.3 is 19.7 Å². The molecule has 2 aliphatic heterocycles. The third-order valence-electron chi connectivity index (χ3n) is 5.05. The normalized spacial score (nSPS) is 28.7.